The molecule has 2 fully saturated rings. The van der Waals surface area contributed by atoms with Gasteiger partial charge in [-0.3, -0.25) is 9.59 Å². The van der Waals surface area contributed by atoms with Crippen molar-refractivity contribution in [2.75, 3.05) is 0 Å². The SMILES string of the molecule is CC1=CC2C(=N)C(=O)C=C[C@]2(C)[C@H]2CC[C@]3(C)C(=O)CC[C@H]3[C@H]12. The normalized spacial score (nSPS) is 48.7. The first-order chi connectivity index (χ1) is 10.8. The molecular formula is C20H25NO2. The lowest BCUT2D eigenvalue weighted by molar-refractivity contribution is -0.130. The van der Waals surface area contributed by atoms with E-state index in [1.807, 2.05) is 0 Å². The molecule has 0 radical (unpaired) electrons. The third-order valence-corrected chi connectivity index (χ3v) is 7.57. The van der Waals surface area contributed by atoms with Crippen LogP contribution in [0.2, 0.25) is 0 Å². The van der Waals surface area contributed by atoms with E-state index in [1.165, 1.54) is 5.57 Å². The van der Waals surface area contributed by atoms with Crippen molar-refractivity contribution in [1.82, 2.24) is 0 Å². The summed E-state index contributed by atoms with van der Waals surface area (Å²) in [5.74, 6) is 1.50. The first-order valence-electron chi connectivity index (χ1n) is 8.82. The molecule has 3 heteroatoms. The highest BCUT2D eigenvalue weighted by molar-refractivity contribution is 6.44. The van der Waals surface area contributed by atoms with Gasteiger partial charge in [0.05, 0.1) is 5.71 Å². The van der Waals surface area contributed by atoms with Gasteiger partial charge in [-0.25, -0.2) is 0 Å². The molecule has 4 aliphatic rings. The van der Waals surface area contributed by atoms with E-state index in [4.69, 9.17) is 5.41 Å². The molecular weight excluding hydrogens is 286 g/mol. The Balaban J connectivity index is 1.83. The van der Waals surface area contributed by atoms with Gasteiger partial charge in [0.15, 0.2) is 5.78 Å². The van der Waals surface area contributed by atoms with Gasteiger partial charge in [0.25, 0.3) is 0 Å². The summed E-state index contributed by atoms with van der Waals surface area (Å²) in [5, 5.41) is 8.26. The molecule has 0 saturated heterocycles. The quantitative estimate of drug-likeness (QED) is 0.693. The molecule has 3 nitrogen and oxygen atoms in total. The van der Waals surface area contributed by atoms with Crippen LogP contribution in [0.1, 0.15) is 46.5 Å². The number of nitrogens with one attached hydrogen (secondary N) is 1. The van der Waals surface area contributed by atoms with Crippen molar-refractivity contribution >= 4 is 17.3 Å². The highest BCUT2D eigenvalue weighted by atomic mass is 16.1. The van der Waals surface area contributed by atoms with Gasteiger partial charge in [-0.15, -0.1) is 0 Å². The summed E-state index contributed by atoms with van der Waals surface area (Å²) in [6, 6.07) is 0. The fraction of sp³-hybridized carbons (Fsp3) is 0.650. The molecule has 4 aliphatic carbocycles. The molecule has 4 rings (SSSR count). The van der Waals surface area contributed by atoms with E-state index in [0.29, 0.717) is 23.5 Å². The van der Waals surface area contributed by atoms with E-state index in [0.717, 1.165) is 25.7 Å². The van der Waals surface area contributed by atoms with Gasteiger partial charge in [-0.2, -0.15) is 0 Å². The van der Waals surface area contributed by atoms with Gasteiger partial charge < -0.3 is 5.41 Å². The number of hydrogen-bond acceptors (Lipinski definition) is 3. The Morgan fingerprint density at radius 3 is 2.65 bits per heavy atom. The average molecular weight is 311 g/mol. The van der Waals surface area contributed by atoms with Crippen LogP contribution in [-0.4, -0.2) is 17.3 Å². The van der Waals surface area contributed by atoms with Gasteiger partial charge in [0.1, 0.15) is 5.78 Å². The summed E-state index contributed by atoms with van der Waals surface area (Å²) in [4.78, 5) is 24.4. The van der Waals surface area contributed by atoms with Gasteiger partial charge in [-0.1, -0.05) is 31.6 Å². The zero-order chi connectivity index (χ0) is 16.6. The first-order valence-corrected chi connectivity index (χ1v) is 8.82. The summed E-state index contributed by atoms with van der Waals surface area (Å²) in [6.45, 7) is 6.55. The van der Waals surface area contributed by atoms with Crippen molar-refractivity contribution in [1.29, 1.82) is 5.41 Å². The molecule has 0 spiro atoms. The summed E-state index contributed by atoms with van der Waals surface area (Å²) in [7, 11) is 0. The minimum absolute atomic E-state index is 0.0947. The predicted octanol–water partition coefficient (Wildman–Crippen LogP) is 3.74. The molecule has 1 N–H and O–H groups in total. The number of ketones is 2. The van der Waals surface area contributed by atoms with E-state index >= 15 is 0 Å². The van der Waals surface area contributed by atoms with Crippen LogP contribution in [0.3, 0.4) is 0 Å². The predicted molar refractivity (Wildman–Crippen MR) is 89.3 cm³/mol. The van der Waals surface area contributed by atoms with Crippen molar-refractivity contribution in [2.45, 2.75) is 46.5 Å². The molecule has 0 aromatic rings. The number of rotatable bonds is 0. The van der Waals surface area contributed by atoms with Crippen LogP contribution in [0.5, 0.6) is 0 Å². The molecule has 0 amide bonds. The van der Waals surface area contributed by atoms with Crippen LogP contribution in [0.4, 0.5) is 0 Å². The summed E-state index contributed by atoms with van der Waals surface area (Å²) in [5.41, 5.74) is 1.24. The Hall–Kier alpha value is -1.51. The Morgan fingerprint density at radius 1 is 1.17 bits per heavy atom. The molecule has 23 heavy (non-hydrogen) atoms. The number of carbonyl (C=O) groups is 2. The van der Waals surface area contributed by atoms with Crippen molar-refractivity contribution in [2.24, 2.45) is 34.5 Å². The van der Waals surface area contributed by atoms with Crippen LogP contribution < -0.4 is 0 Å². The van der Waals surface area contributed by atoms with Gasteiger partial charge >= 0.3 is 0 Å². The number of allylic oxidation sites excluding steroid dienone is 4. The Labute approximate surface area is 137 Å². The van der Waals surface area contributed by atoms with Crippen molar-refractivity contribution in [3.8, 4) is 0 Å². The molecule has 0 aromatic heterocycles. The minimum Gasteiger partial charge on any atom is -0.301 e. The monoisotopic (exact) mass is 311 g/mol. The van der Waals surface area contributed by atoms with Crippen molar-refractivity contribution in [3.63, 3.8) is 0 Å². The van der Waals surface area contributed by atoms with Gasteiger partial charge in [-0.05, 0) is 50.0 Å². The fourth-order valence-electron chi connectivity index (χ4n) is 6.15. The summed E-state index contributed by atoms with van der Waals surface area (Å²) >= 11 is 0. The second kappa shape index (κ2) is 4.52. The molecule has 0 heterocycles. The molecule has 0 aromatic carbocycles. The number of hydrogen-bond donors (Lipinski definition) is 1. The van der Waals surface area contributed by atoms with Gasteiger partial charge in [0.2, 0.25) is 0 Å². The van der Waals surface area contributed by atoms with Gasteiger partial charge in [0, 0.05) is 23.2 Å². The Kier molecular flexibility index (Phi) is 2.96. The van der Waals surface area contributed by atoms with E-state index < -0.39 is 0 Å². The average Bonchev–Trinajstić information content (AvgIpc) is 2.82. The molecule has 6 atom stereocenters. The molecule has 1 unspecified atom stereocenters. The second-order valence-corrected chi connectivity index (χ2v) is 8.52. The zero-order valence-corrected chi connectivity index (χ0v) is 14.2. The lowest BCUT2D eigenvalue weighted by Gasteiger charge is -2.56. The molecule has 2 saturated carbocycles. The lowest BCUT2D eigenvalue weighted by atomic mass is 9.47. The summed E-state index contributed by atoms with van der Waals surface area (Å²) in [6.07, 6.45) is 9.55. The topological polar surface area (TPSA) is 58.0 Å². The standard InChI is InChI=1S/C20H25NO2/c1-11-10-14-18(21)15(22)7-9-19(14,2)13-6-8-20(3)12(17(11)13)4-5-16(20)23/h7,9-10,12-14,17,21H,4-6,8H2,1-3H3/t12-,13-,14?,17-,19+,20-/m0/s1. The fourth-order valence-corrected chi connectivity index (χ4v) is 6.15. The molecule has 0 bridgehead atoms. The Morgan fingerprint density at radius 2 is 1.91 bits per heavy atom. The largest absolute Gasteiger partial charge is 0.301 e. The van der Waals surface area contributed by atoms with E-state index in [-0.39, 0.29) is 28.2 Å². The van der Waals surface area contributed by atoms with Crippen LogP contribution in [-0.2, 0) is 9.59 Å². The van der Waals surface area contributed by atoms with E-state index in [9.17, 15) is 9.59 Å². The van der Waals surface area contributed by atoms with Crippen molar-refractivity contribution < 1.29 is 9.59 Å². The lowest BCUT2D eigenvalue weighted by Crippen LogP contribution is -2.53. The van der Waals surface area contributed by atoms with E-state index in [1.54, 1.807) is 6.08 Å². The molecule has 0 aliphatic heterocycles. The number of carbonyl (C=O) groups excluding carboxylic acids is 2. The summed E-state index contributed by atoms with van der Waals surface area (Å²) < 4.78 is 0. The Bertz CT molecular complexity index is 688. The molecule has 122 valence electrons. The smallest absolute Gasteiger partial charge is 0.199 e. The highest BCUT2D eigenvalue weighted by Crippen LogP contribution is 2.63. The minimum atomic E-state index is -0.152. The van der Waals surface area contributed by atoms with Crippen LogP contribution in [0, 0.1) is 39.9 Å². The maximum atomic E-state index is 12.5. The second-order valence-electron chi connectivity index (χ2n) is 8.52. The van der Waals surface area contributed by atoms with Crippen LogP contribution in [0.15, 0.2) is 23.8 Å². The maximum absolute atomic E-state index is 12.5. The zero-order valence-electron chi connectivity index (χ0n) is 14.2. The first kappa shape index (κ1) is 15.0. The van der Waals surface area contributed by atoms with E-state index in [2.05, 4.69) is 32.9 Å². The third-order valence-electron chi connectivity index (χ3n) is 7.57. The number of Topliss-reactive ketones (excluding diaryl/α,β-unsaturated/α-hetero) is 1. The van der Waals surface area contributed by atoms with Crippen LogP contribution >= 0.6 is 0 Å². The number of fused-ring (bicyclic) bond motifs is 5. The third kappa shape index (κ3) is 1.74. The maximum Gasteiger partial charge on any atom is 0.199 e. The van der Waals surface area contributed by atoms with Crippen molar-refractivity contribution in [3.05, 3.63) is 23.8 Å². The van der Waals surface area contributed by atoms with Crippen LogP contribution in [0.25, 0.3) is 0 Å². The highest BCUT2D eigenvalue weighted by Gasteiger charge is 2.60.